The van der Waals surface area contributed by atoms with E-state index in [1.165, 1.54) is 0 Å². The van der Waals surface area contributed by atoms with Crippen LogP contribution in [0.25, 0.3) is 10.9 Å². The number of nitrogens with zero attached hydrogens (tertiary/aromatic N) is 1. The first kappa shape index (κ1) is 11.2. The fraction of sp³-hybridized carbons (Fsp3) is 0.250. The Morgan fingerprint density at radius 2 is 2.19 bits per heavy atom. The minimum absolute atomic E-state index is 0.507. The number of carbonyl (C=O) groups excluding carboxylic acids is 1. The Morgan fingerprint density at radius 3 is 2.81 bits per heavy atom. The standard InChI is InChI=1S/C12H13ClN2O/c1-8-4-10(13)5-9-6-11(7-16)15(3-2-14)12(8)9/h4-7H,2-3,14H2,1H3. The van der Waals surface area contributed by atoms with E-state index in [-0.39, 0.29) is 0 Å². The Kier molecular flexibility index (Phi) is 2.99. The molecule has 4 heteroatoms. The van der Waals surface area contributed by atoms with E-state index in [1.807, 2.05) is 29.7 Å². The maximum Gasteiger partial charge on any atom is 0.166 e. The van der Waals surface area contributed by atoms with Gasteiger partial charge in [-0.15, -0.1) is 0 Å². The molecule has 84 valence electrons. The molecular weight excluding hydrogens is 224 g/mol. The van der Waals surface area contributed by atoms with Crippen LogP contribution in [0.1, 0.15) is 16.1 Å². The SMILES string of the molecule is Cc1cc(Cl)cc2cc(C=O)n(CCN)c12. The quantitative estimate of drug-likeness (QED) is 0.832. The van der Waals surface area contributed by atoms with Gasteiger partial charge in [0.15, 0.2) is 6.29 Å². The highest BCUT2D eigenvalue weighted by Gasteiger charge is 2.10. The second-order valence-electron chi connectivity index (χ2n) is 3.79. The fourth-order valence-electron chi connectivity index (χ4n) is 2.07. The second kappa shape index (κ2) is 4.28. The van der Waals surface area contributed by atoms with Gasteiger partial charge >= 0.3 is 0 Å². The topological polar surface area (TPSA) is 48.0 Å². The van der Waals surface area contributed by atoms with Crippen molar-refractivity contribution in [1.82, 2.24) is 4.57 Å². The lowest BCUT2D eigenvalue weighted by atomic mass is 10.1. The van der Waals surface area contributed by atoms with Gasteiger partial charge in [-0.25, -0.2) is 0 Å². The summed E-state index contributed by atoms with van der Waals surface area (Å²) in [5.74, 6) is 0. The Labute approximate surface area is 98.8 Å². The number of hydrogen-bond acceptors (Lipinski definition) is 2. The Balaban J connectivity index is 2.78. The number of carbonyl (C=O) groups is 1. The third-order valence-electron chi connectivity index (χ3n) is 2.65. The summed E-state index contributed by atoms with van der Waals surface area (Å²) in [6, 6.07) is 5.60. The van der Waals surface area contributed by atoms with Crippen molar-refractivity contribution in [3.63, 3.8) is 0 Å². The zero-order valence-corrected chi connectivity index (χ0v) is 9.79. The lowest BCUT2D eigenvalue weighted by molar-refractivity contribution is 0.111. The molecular formula is C12H13ClN2O. The molecule has 0 bridgehead atoms. The van der Waals surface area contributed by atoms with Crippen LogP contribution < -0.4 is 5.73 Å². The average Bonchev–Trinajstić information content (AvgIpc) is 2.57. The van der Waals surface area contributed by atoms with E-state index in [1.54, 1.807) is 0 Å². The van der Waals surface area contributed by atoms with E-state index in [0.29, 0.717) is 23.8 Å². The van der Waals surface area contributed by atoms with E-state index >= 15 is 0 Å². The molecule has 16 heavy (non-hydrogen) atoms. The van der Waals surface area contributed by atoms with Gasteiger partial charge in [-0.1, -0.05) is 11.6 Å². The van der Waals surface area contributed by atoms with Crippen molar-refractivity contribution in [1.29, 1.82) is 0 Å². The molecule has 0 atom stereocenters. The second-order valence-corrected chi connectivity index (χ2v) is 4.22. The minimum atomic E-state index is 0.507. The first-order valence-electron chi connectivity index (χ1n) is 5.12. The van der Waals surface area contributed by atoms with Crippen molar-refractivity contribution in [2.45, 2.75) is 13.5 Å². The molecule has 0 amide bonds. The summed E-state index contributed by atoms with van der Waals surface area (Å²) < 4.78 is 1.94. The van der Waals surface area contributed by atoms with Crippen LogP contribution in [-0.2, 0) is 6.54 Å². The van der Waals surface area contributed by atoms with Crippen LogP contribution in [-0.4, -0.2) is 17.4 Å². The van der Waals surface area contributed by atoms with Crippen molar-refractivity contribution in [3.05, 3.63) is 34.5 Å². The summed E-state index contributed by atoms with van der Waals surface area (Å²) in [4.78, 5) is 11.0. The van der Waals surface area contributed by atoms with Gasteiger partial charge in [-0.2, -0.15) is 0 Å². The number of rotatable bonds is 3. The summed E-state index contributed by atoms with van der Waals surface area (Å²) in [6.45, 7) is 3.13. The smallest absolute Gasteiger partial charge is 0.166 e. The van der Waals surface area contributed by atoms with Gasteiger partial charge in [0.05, 0.1) is 11.2 Å². The number of aldehydes is 1. The number of fused-ring (bicyclic) bond motifs is 1. The molecule has 0 unspecified atom stereocenters. The molecule has 0 saturated heterocycles. The van der Waals surface area contributed by atoms with Crippen LogP contribution in [0.5, 0.6) is 0 Å². The van der Waals surface area contributed by atoms with Gasteiger partial charge in [-0.05, 0) is 30.7 Å². The predicted molar refractivity (Wildman–Crippen MR) is 66.1 cm³/mol. The molecule has 2 N–H and O–H groups in total. The van der Waals surface area contributed by atoms with Crippen molar-refractivity contribution in [3.8, 4) is 0 Å². The highest BCUT2D eigenvalue weighted by atomic mass is 35.5. The van der Waals surface area contributed by atoms with Crippen LogP contribution >= 0.6 is 11.6 Å². The normalized spacial score (nSPS) is 10.9. The third kappa shape index (κ3) is 1.72. The van der Waals surface area contributed by atoms with Crippen LogP contribution in [0, 0.1) is 6.92 Å². The lowest BCUT2D eigenvalue weighted by Gasteiger charge is -2.07. The van der Waals surface area contributed by atoms with E-state index < -0.39 is 0 Å². The van der Waals surface area contributed by atoms with Gasteiger partial charge in [-0.3, -0.25) is 4.79 Å². The number of nitrogens with two attached hydrogens (primary N) is 1. The van der Waals surface area contributed by atoms with Gasteiger partial charge < -0.3 is 10.3 Å². The predicted octanol–water partition coefficient (Wildman–Crippen LogP) is 2.37. The Bertz CT molecular complexity index is 545. The number of benzene rings is 1. The average molecular weight is 237 g/mol. The van der Waals surface area contributed by atoms with Crippen LogP contribution in [0.3, 0.4) is 0 Å². The highest BCUT2D eigenvalue weighted by molar-refractivity contribution is 6.31. The fourth-order valence-corrected chi connectivity index (χ4v) is 2.36. The number of halogens is 1. The molecule has 0 saturated carbocycles. The monoisotopic (exact) mass is 236 g/mol. The number of hydrogen-bond donors (Lipinski definition) is 1. The summed E-state index contributed by atoms with van der Waals surface area (Å²) in [5, 5.41) is 1.67. The summed E-state index contributed by atoms with van der Waals surface area (Å²) in [5.41, 5.74) is 8.29. The molecule has 0 fully saturated rings. The van der Waals surface area contributed by atoms with E-state index in [4.69, 9.17) is 17.3 Å². The van der Waals surface area contributed by atoms with E-state index in [2.05, 4.69) is 0 Å². The maximum absolute atomic E-state index is 11.0. The van der Waals surface area contributed by atoms with Crippen molar-refractivity contribution in [2.75, 3.05) is 6.54 Å². The summed E-state index contributed by atoms with van der Waals surface area (Å²) in [7, 11) is 0. The molecule has 2 aromatic rings. The first-order chi connectivity index (χ1) is 7.67. The molecule has 1 heterocycles. The van der Waals surface area contributed by atoms with Crippen LogP contribution in [0.4, 0.5) is 0 Å². The largest absolute Gasteiger partial charge is 0.337 e. The molecule has 0 aliphatic carbocycles. The van der Waals surface area contributed by atoms with Gasteiger partial charge in [0.2, 0.25) is 0 Å². The lowest BCUT2D eigenvalue weighted by Crippen LogP contribution is -2.12. The van der Waals surface area contributed by atoms with Crippen molar-refractivity contribution in [2.24, 2.45) is 5.73 Å². The zero-order chi connectivity index (χ0) is 11.7. The molecule has 1 aromatic heterocycles. The molecule has 0 aliphatic rings. The van der Waals surface area contributed by atoms with Crippen LogP contribution in [0.2, 0.25) is 5.02 Å². The molecule has 2 rings (SSSR count). The van der Waals surface area contributed by atoms with Crippen molar-refractivity contribution >= 4 is 28.8 Å². The summed E-state index contributed by atoms with van der Waals surface area (Å²) in [6.07, 6.45) is 0.850. The highest BCUT2D eigenvalue weighted by Crippen LogP contribution is 2.26. The van der Waals surface area contributed by atoms with Crippen molar-refractivity contribution < 1.29 is 4.79 Å². The van der Waals surface area contributed by atoms with Gasteiger partial charge in [0.25, 0.3) is 0 Å². The molecule has 3 nitrogen and oxygen atoms in total. The van der Waals surface area contributed by atoms with Gasteiger partial charge in [0.1, 0.15) is 0 Å². The zero-order valence-electron chi connectivity index (χ0n) is 9.03. The molecule has 1 aromatic carbocycles. The molecule has 0 radical (unpaired) electrons. The van der Waals surface area contributed by atoms with Gasteiger partial charge in [0, 0.05) is 23.5 Å². The Morgan fingerprint density at radius 1 is 1.44 bits per heavy atom. The minimum Gasteiger partial charge on any atom is -0.337 e. The molecule has 0 aliphatic heterocycles. The summed E-state index contributed by atoms with van der Waals surface area (Å²) >= 11 is 5.98. The van der Waals surface area contributed by atoms with E-state index in [9.17, 15) is 4.79 Å². The number of aryl methyl sites for hydroxylation is 1. The Hall–Kier alpha value is -1.32. The number of aromatic nitrogens is 1. The van der Waals surface area contributed by atoms with Crippen LogP contribution in [0.15, 0.2) is 18.2 Å². The first-order valence-corrected chi connectivity index (χ1v) is 5.50. The third-order valence-corrected chi connectivity index (χ3v) is 2.87. The van der Waals surface area contributed by atoms with E-state index in [0.717, 1.165) is 22.8 Å². The maximum atomic E-state index is 11.0. The molecule has 0 spiro atoms.